The molecule has 19 heavy (non-hydrogen) atoms. The Kier molecular flexibility index (Phi) is 4.46. The number of hydrogen-bond donors (Lipinski definition) is 1. The van der Waals surface area contributed by atoms with Crippen LogP contribution in [0.15, 0.2) is 0 Å². The highest BCUT2D eigenvalue weighted by atomic mass is 32.1. The molecule has 2 aliphatic rings. The molecule has 0 aromatic heterocycles. The summed E-state index contributed by atoms with van der Waals surface area (Å²) >= 11 is 5.19. The van der Waals surface area contributed by atoms with Crippen molar-refractivity contribution < 1.29 is 4.79 Å². The van der Waals surface area contributed by atoms with E-state index < -0.39 is 5.41 Å². The van der Waals surface area contributed by atoms with Gasteiger partial charge in [-0.3, -0.25) is 9.69 Å². The zero-order chi connectivity index (χ0) is 14.0. The Morgan fingerprint density at radius 1 is 1.32 bits per heavy atom. The highest BCUT2D eigenvalue weighted by molar-refractivity contribution is 7.80. The van der Waals surface area contributed by atoms with Gasteiger partial charge in [-0.15, -0.1) is 0 Å². The number of carbonyl (C=O) groups excluding carboxylic acids is 1. The number of amides is 1. The number of nitrogens with two attached hydrogens (primary N) is 1. The van der Waals surface area contributed by atoms with E-state index in [4.69, 9.17) is 18.0 Å². The molecule has 0 aliphatic carbocycles. The first-order chi connectivity index (χ1) is 9.05. The number of nitrogens with zero attached hydrogens (tertiary/aromatic N) is 2. The van der Waals surface area contributed by atoms with Crippen LogP contribution < -0.4 is 5.73 Å². The highest BCUT2D eigenvalue weighted by Gasteiger charge is 2.43. The summed E-state index contributed by atoms with van der Waals surface area (Å²) in [6.07, 6.45) is 3.86. The van der Waals surface area contributed by atoms with Gasteiger partial charge < -0.3 is 10.6 Å². The van der Waals surface area contributed by atoms with Crippen LogP contribution in [0.2, 0.25) is 0 Å². The normalized spacial score (nSPS) is 24.3. The third-order valence-corrected chi connectivity index (χ3v) is 5.35. The molecular weight excluding hydrogens is 258 g/mol. The van der Waals surface area contributed by atoms with Gasteiger partial charge >= 0.3 is 0 Å². The molecule has 1 amide bonds. The molecule has 0 radical (unpaired) electrons. The van der Waals surface area contributed by atoms with Crippen molar-refractivity contribution in [1.82, 2.24) is 9.80 Å². The molecule has 4 nitrogen and oxygen atoms in total. The Balaban J connectivity index is 2.12. The quantitative estimate of drug-likeness (QED) is 0.792. The van der Waals surface area contributed by atoms with E-state index in [1.54, 1.807) is 0 Å². The molecule has 2 fully saturated rings. The summed E-state index contributed by atoms with van der Waals surface area (Å²) in [4.78, 5) is 17.7. The van der Waals surface area contributed by atoms with Crippen LogP contribution in [-0.2, 0) is 4.79 Å². The summed E-state index contributed by atoms with van der Waals surface area (Å²) in [5.74, 6) is 0.150. The van der Waals surface area contributed by atoms with Crippen molar-refractivity contribution in [1.29, 1.82) is 0 Å². The summed E-state index contributed by atoms with van der Waals surface area (Å²) in [5.41, 5.74) is 5.25. The zero-order valence-electron chi connectivity index (χ0n) is 12.0. The molecule has 0 bridgehead atoms. The van der Waals surface area contributed by atoms with E-state index in [9.17, 15) is 4.79 Å². The number of rotatable bonds is 4. The van der Waals surface area contributed by atoms with Crippen LogP contribution in [-0.4, -0.2) is 52.9 Å². The van der Waals surface area contributed by atoms with Crippen LogP contribution in [0.3, 0.4) is 0 Å². The van der Waals surface area contributed by atoms with Crippen LogP contribution in [0.1, 0.15) is 39.5 Å². The molecule has 2 aliphatic heterocycles. The predicted octanol–water partition coefficient (Wildman–Crippen LogP) is 1.39. The molecule has 2 N–H and O–H groups in total. The summed E-state index contributed by atoms with van der Waals surface area (Å²) in [6, 6.07) is 0.551. The third-order valence-electron chi connectivity index (χ3n) is 4.96. The average Bonchev–Trinajstić information content (AvgIpc) is 2.87. The molecule has 1 atom stereocenters. The Hall–Kier alpha value is -0.680. The lowest BCUT2D eigenvalue weighted by Gasteiger charge is -2.42. The maximum atomic E-state index is 12.9. The molecule has 0 aromatic carbocycles. The van der Waals surface area contributed by atoms with E-state index in [0.29, 0.717) is 23.9 Å². The van der Waals surface area contributed by atoms with Crippen molar-refractivity contribution in [2.24, 2.45) is 11.1 Å². The van der Waals surface area contributed by atoms with Gasteiger partial charge in [-0.1, -0.05) is 26.1 Å². The van der Waals surface area contributed by atoms with Gasteiger partial charge in [0, 0.05) is 25.7 Å². The first-order valence-electron chi connectivity index (χ1n) is 7.38. The van der Waals surface area contributed by atoms with E-state index in [2.05, 4.69) is 4.90 Å². The number of fused-ring (bicyclic) bond motifs is 1. The number of thiocarbonyl (C=S) groups is 1. The van der Waals surface area contributed by atoms with Crippen LogP contribution in [0.4, 0.5) is 0 Å². The van der Waals surface area contributed by atoms with Crippen LogP contribution in [0, 0.1) is 5.41 Å². The van der Waals surface area contributed by atoms with Crippen molar-refractivity contribution in [3.63, 3.8) is 0 Å². The molecule has 5 heteroatoms. The molecule has 108 valence electrons. The van der Waals surface area contributed by atoms with E-state index in [-0.39, 0.29) is 5.91 Å². The lowest BCUT2D eigenvalue weighted by molar-refractivity contribution is -0.141. The molecule has 2 rings (SSSR count). The molecule has 1 unspecified atom stereocenters. The maximum Gasteiger partial charge on any atom is 0.235 e. The Bertz CT molecular complexity index is 368. The van der Waals surface area contributed by atoms with Crippen LogP contribution >= 0.6 is 12.2 Å². The van der Waals surface area contributed by atoms with Crippen molar-refractivity contribution >= 4 is 23.1 Å². The second kappa shape index (κ2) is 5.75. The van der Waals surface area contributed by atoms with E-state index in [0.717, 1.165) is 19.6 Å². The fraction of sp³-hybridized carbons (Fsp3) is 0.857. The largest absolute Gasteiger partial charge is 0.392 e. The van der Waals surface area contributed by atoms with Gasteiger partial charge in [-0.2, -0.15) is 0 Å². The summed E-state index contributed by atoms with van der Waals surface area (Å²) < 4.78 is 0. The highest BCUT2D eigenvalue weighted by Crippen LogP contribution is 2.31. The lowest BCUT2D eigenvalue weighted by Crippen LogP contribution is -2.57. The number of hydrogen-bond acceptors (Lipinski definition) is 3. The fourth-order valence-corrected chi connectivity index (χ4v) is 3.86. The van der Waals surface area contributed by atoms with Gasteiger partial charge in [0.1, 0.15) is 0 Å². The number of carbonyl (C=O) groups is 1. The molecule has 0 aromatic rings. The first-order valence-corrected chi connectivity index (χ1v) is 7.79. The SMILES string of the molecule is CCC(CC)(C(=O)N1CCN2CCCC2C1)C(N)=S. The minimum absolute atomic E-state index is 0.150. The van der Waals surface area contributed by atoms with Gasteiger partial charge in [0.05, 0.1) is 10.4 Å². The second-order valence-corrected chi connectivity index (χ2v) is 6.18. The first kappa shape index (κ1) is 14.7. The van der Waals surface area contributed by atoms with Gasteiger partial charge in [0.25, 0.3) is 0 Å². The predicted molar refractivity (Wildman–Crippen MR) is 81.0 cm³/mol. The molecule has 0 spiro atoms. The van der Waals surface area contributed by atoms with E-state index >= 15 is 0 Å². The second-order valence-electron chi connectivity index (χ2n) is 5.74. The lowest BCUT2D eigenvalue weighted by atomic mass is 9.80. The van der Waals surface area contributed by atoms with Gasteiger partial charge in [0.15, 0.2) is 0 Å². The molecular formula is C14H25N3OS. The average molecular weight is 283 g/mol. The van der Waals surface area contributed by atoms with Gasteiger partial charge in [-0.05, 0) is 32.2 Å². The van der Waals surface area contributed by atoms with Crippen molar-refractivity contribution in [3.8, 4) is 0 Å². The fourth-order valence-electron chi connectivity index (χ4n) is 3.48. The van der Waals surface area contributed by atoms with E-state index in [1.165, 1.54) is 19.4 Å². The standard InChI is InChI=1S/C14H25N3OS/c1-3-14(4-2,12(15)19)13(18)17-9-8-16-7-5-6-11(16)10-17/h11H,3-10H2,1-2H3,(H2,15,19). The Morgan fingerprint density at radius 2 is 2.00 bits per heavy atom. The Morgan fingerprint density at radius 3 is 2.58 bits per heavy atom. The third kappa shape index (κ3) is 2.50. The summed E-state index contributed by atoms with van der Waals surface area (Å²) in [6.45, 7) is 7.87. The zero-order valence-corrected chi connectivity index (χ0v) is 12.8. The maximum absolute atomic E-state index is 12.9. The van der Waals surface area contributed by atoms with Gasteiger partial charge in [-0.25, -0.2) is 0 Å². The van der Waals surface area contributed by atoms with Crippen molar-refractivity contribution in [3.05, 3.63) is 0 Å². The molecule has 2 heterocycles. The van der Waals surface area contributed by atoms with Crippen LogP contribution in [0.25, 0.3) is 0 Å². The van der Waals surface area contributed by atoms with Crippen molar-refractivity contribution in [2.75, 3.05) is 26.2 Å². The smallest absolute Gasteiger partial charge is 0.235 e. The monoisotopic (exact) mass is 283 g/mol. The minimum Gasteiger partial charge on any atom is -0.392 e. The molecule has 0 saturated carbocycles. The van der Waals surface area contributed by atoms with Gasteiger partial charge in [0.2, 0.25) is 5.91 Å². The summed E-state index contributed by atoms with van der Waals surface area (Å²) in [7, 11) is 0. The van der Waals surface area contributed by atoms with E-state index in [1.807, 2.05) is 18.7 Å². The Labute approximate surface area is 121 Å². The van der Waals surface area contributed by atoms with Crippen LogP contribution in [0.5, 0.6) is 0 Å². The minimum atomic E-state index is -0.629. The number of piperazine rings is 1. The molecule has 2 saturated heterocycles. The van der Waals surface area contributed by atoms with Crippen molar-refractivity contribution in [2.45, 2.75) is 45.6 Å². The summed E-state index contributed by atoms with van der Waals surface area (Å²) in [5, 5.41) is 0. The topological polar surface area (TPSA) is 49.6 Å².